The molecule has 0 bridgehead atoms. The first-order chi connectivity index (χ1) is 7.29. The van der Waals surface area contributed by atoms with E-state index >= 15 is 0 Å². The molecule has 1 aliphatic carbocycles. The molecule has 0 amide bonds. The number of hydrogen-bond donors (Lipinski definition) is 1. The lowest BCUT2D eigenvalue weighted by Crippen LogP contribution is -2.18. The molecule has 2 rings (SSSR count). The molecule has 0 aromatic carbocycles. The average molecular weight is 227 g/mol. The van der Waals surface area contributed by atoms with Gasteiger partial charge in [0.25, 0.3) is 0 Å². The molecule has 0 saturated heterocycles. The summed E-state index contributed by atoms with van der Waals surface area (Å²) in [5.41, 5.74) is 0.768. The van der Waals surface area contributed by atoms with E-state index in [4.69, 9.17) is 21.1 Å². The van der Waals surface area contributed by atoms with Gasteiger partial charge in [0.2, 0.25) is 0 Å². The summed E-state index contributed by atoms with van der Waals surface area (Å²) in [5, 5.41) is 10.6. The van der Waals surface area contributed by atoms with Crippen LogP contribution in [0.1, 0.15) is 12.8 Å². The van der Waals surface area contributed by atoms with E-state index in [2.05, 4.69) is 0 Å². The largest absolute Gasteiger partial charge is 0.466 e. The lowest BCUT2D eigenvalue weighted by atomic mass is 9.98. The number of rotatable bonds is 2. The van der Waals surface area contributed by atoms with Crippen LogP contribution < -0.4 is 0 Å². The topological polar surface area (TPSA) is 38.7 Å². The molecule has 1 aliphatic heterocycles. The van der Waals surface area contributed by atoms with Gasteiger partial charge in [0, 0.05) is 5.03 Å². The van der Waals surface area contributed by atoms with Crippen LogP contribution in [0.5, 0.6) is 0 Å². The minimum atomic E-state index is -0.826. The zero-order valence-corrected chi connectivity index (χ0v) is 8.78. The molecule has 1 heterocycles. The quantitative estimate of drug-likeness (QED) is 0.787. The van der Waals surface area contributed by atoms with Crippen LogP contribution >= 0.6 is 11.6 Å². The van der Waals surface area contributed by atoms with Crippen molar-refractivity contribution >= 4 is 11.6 Å². The molecular formula is C11H11ClO3. The average Bonchev–Trinajstić information content (AvgIpc) is 2.30. The van der Waals surface area contributed by atoms with Crippen molar-refractivity contribution in [2.45, 2.75) is 18.9 Å². The predicted molar refractivity (Wildman–Crippen MR) is 56.7 cm³/mol. The highest BCUT2D eigenvalue weighted by atomic mass is 35.5. The van der Waals surface area contributed by atoms with Crippen LogP contribution in [0.3, 0.4) is 0 Å². The van der Waals surface area contributed by atoms with Crippen molar-refractivity contribution in [2.75, 3.05) is 0 Å². The number of allylic oxidation sites excluding steroid dienone is 3. The monoisotopic (exact) mass is 226 g/mol. The second-order valence-electron chi connectivity index (χ2n) is 3.26. The highest BCUT2D eigenvalue weighted by Gasteiger charge is 2.22. The van der Waals surface area contributed by atoms with E-state index in [1.54, 1.807) is 6.08 Å². The molecule has 3 nitrogen and oxygen atoms in total. The molecule has 80 valence electrons. The van der Waals surface area contributed by atoms with Crippen LogP contribution in [-0.2, 0) is 9.47 Å². The van der Waals surface area contributed by atoms with Crippen LogP contribution in [0, 0.1) is 0 Å². The molecular weight excluding hydrogens is 216 g/mol. The highest BCUT2D eigenvalue weighted by Crippen LogP contribution is 2.28. The normalized spacial score (nSPS) is 21.9. The van der Waals surface area contributed by atoms with Gasteiger partial charge in [-0.1, -0.05) is 17.7 Å². The molecule has 1 N–H and O–H groups in total. The van der Waals surface area contributed by atoms with E-state index < -0.39 is 6.10 Å². The lowest BCUT2D eigenvalue weighted by molar-refractivity contribution is 0.143. The van der Waals surface area contributed by atoms with Crippen LogP contribution in [0.15, 0.2) is 47.3 Å². The van der Waals surface area contributed by atoms with Crippen molar-refractivity contribution < 1.29 is 14.6 Å². The summed E-state index contributed by atoms with van der Waals surface area (Å²) in [6.45, 7) is 0. The second-order valence-corrected chi connectivity index (χ2v) is 3.67. The fraction of sp³-hybridized carbons (Fsp3) is 0.273. The molecule has 0 spiro atoms. The zero-order valence-electron chi connectivity index (χ0n) is 8.02. The second kappa shape index (κ2) is 4.55. The third-order valence-electron chi connectivity index (χ3n) is 2.27. The molecule has 4 heteroatoms. The summed E-state index contributed by atoms with van der Waals surface area (Å²) in [7, 11) is 0. The Bertz CT molecular complexity index is 366. The van der Waals surface area contributed by atoms with Crippen molar-refractivity contribution in [3.8, 4) is 0 Å². The maximum absolute atomic E-state index is 9.99. The Kier molecular flexibility index (Phi) is 3.14. The Hall–Kier alpha value is -1.19. The number of halogens is 1. The Morgan fingerprint density at radius 1 is 1.40 bits per heavy atom. The third-order valence-corrected chi connectivity index (χ3v) is 2.64. The smallest absolute Gasteiger partial charge is 0.171 e. The molecule has 1 unspecified atom stereocenters. The minimum absolute atomic E-state index is 0.362. The van der Waals surface area contributed by atoms with E-state index in [1.165, 1.54) is 18.8 Å². The van der Waals surface area contributed by atoms with Crippen LogP contribution in [0.4, 0.5) is 0 Å². The molecule has 0 saturated carbocycles. The number of hydrogen-bond acceptors (Lipinski definition) is 3. The van der Waals surface area contributed by atoms with E-state index in [0.717, 1.165) is 18.4 Å². The Morgan fingerprint density at radius 3 is 2.93 bits per heavy atom. The van der Waals surface area contributed by atoms with Gasteiger partial charge in [0.05, 0.1) is 0 Å². The Morgan fingerprint density at radius 2 is 2.27 bits per heavy atom. The maximum atomic E-state index is 9.99. The van der Waals surface area contributed by atoms with Crippen molar-refractivity contribution in [2.24, 2.45) is 0 Å². The zero-order chi connectivity index (χ0) is 10.7. The van der Waals surface area contributed by atoms with Crippen LogP contribution in [-0.4, -0.2) is 11.2 Å². The maximum Gasteiger partial charge on any atom is 0.171 e. The van der Waals surface area contributed by atoms with Gasteiger partial charge >= 0.3 is 0 Å². The lowest BCUT2D eigenvalue weighted by Gasteiger charge is -2.20. The van der Waals surface area contributed by atoms with Crippen LogP contribution in [0.2, 0.25) is 0 Å². The Labute approximate surface area is 92.9 Å². The fourth-order valence-electron chi connectivity index (χ4n) is 1.49. The summed E-state index contributed by atoms with van der Waals surface area (Å²) < 4.78 is 10.0. The van der Waals surface area contributed by atoms with E-state index in [-0.39, 0.29) is 0 Å². The van der Waals surface area contributed by atoms with Crippen molar-refractivity contribution in [3.05, 3.63) is 47.3 Å². The molecule has 0 fully saturated rings. The summed E-state index contributed by atoms with van der Waals surface area (Å²) in [6, 6.07) is 0. The van der Waals surface area contributed by atoms with Crippen molar-refractivity contribution in [3.63, 3.8) is 0 Å². The van der Waals surface area contributed by atoms with E-state index in [9.17, 15) is 5.11 Å². The summed E-state index contributed by atoms with van der Waals surface area (Å²) >= 11 is 5.99. The fourth-order valence-corrected chi connectivity index (χ4v) is 1.78. The predicted octanol–water partition coefficient (Wildman–Crippen LogP) is 2.55. The van der Waals surface area contributed by atoms with E-state index in [1.807, 2.05) is 6.08 Å². The first kappa shape index (κ1) is 10.3. The first-order valence-corrected chi connectivity index (χ1v) is 5.07. The van der Waals surface area contributed by atoms with Crippen LogP contribution in [0.25, 0.3) is 0 Å². The number of ether oxygens (including phenoxy) is 2. The van der Waals surface area contributed by atoms with Gasteiger partial charge in [-0.25, -0.2) is 0 Å². The molecule has 1 atom stereocenters. The van der Waals surface area contributed by atoms with Gasteiger partial charge in [0.15, 0.2) is 5.76 Å². The minimum Gasteiger partial charge on any atom is -0.466 e. The summed E-state index contributed by atoms with van der Waals surface area (Å²) in [6.07, 6.45) is 8.72. The van der Waals surface area contributed by atoms with Crippen molar-refractivity contribution in [1.29, 1.82) is 0 Å². The third kappa shape index (κ3) is 2.25. The molecule has 2 aliphatic rings. The van der Waals surface area contributed by atoms with Gasteiger partial charge in [-0.05, 0) is 24.5 Å². The van der Waals surface area contributed by atoms with Gasteiger partial charge < -0.3 is 14.6 Å². The summed E-state index contributed by atoms with van der Waals surface area (Å²) in [4.78, 5) is 0. The highest BCUT2D eigenvalue weighted by molar-refractivity contribution is 6.31. The van der Waals surface area contributed by atoms with Crippen molar-refractivity contribution in [1.82, 2.24) is 0 Å². The van der Waals surface area contributed by atoms with Gasteiger partial charge in [-0.15, -0.1) is 0 Å². The van der Waals surface area contributed by atoms with E-state index in [0.29, 0.717) is 10.8 Å². The first-order valence-electron chi connectivity index (χ1n) is 4.69. The Balaban J connectivity index is 2.16. The molecule has 0 aromatic heterocycles. The molecule has 15 heavy (non-hydrogen) atoms. The number of aliphatic hydroxyl groups excluding tert-OH is 1. The molecule has 0 radical (unpaired) electrons. The SMILES string of the molecule is OC(C1=COC=CO1)C1=C(Cl)C=CCC1. The van der Waals surface area contributed by atoms with Gasteiger partial charge in [-0.3, -0.25) is 0 Å². The summed E-state index contributed by atoms with van der Waals surface area (Å²) in [5.74, 6) is 0.362. The number of aliphatic hydroxyl groups is 1. The van der Waals surface area contributed by atoms with Gasteiger partial charge in [-0.2, -0.15) is 0 Å². The van der Waals surface area contributed by atoms with Gasteiger partial charge in [0.1, 0.15) is 24.9 Å². The standard InChI is InChI=1S/C11H11ClO3/c12-9-4-2-1-3-8(9)11(13)10-7-14-5-6-15-10/h2,4-7,11,13H,1,3H2. The molecule has 0 aromatic rings.